The second-order valence-electron chi connectivity index (χ2n) is 13.6. The topological polar surface area (TPSA) is 18.5 Å². The number of fused-ring (bicyclic) bond motifs is 10. The van der Waals surface area contributed by atoms with Crippen LogP contribution >= 0.6 is 46.4 Å². The SMILES string of the molecule is COc1ccc2c3c(ccc2c1-c1c(OC)ccc2c4c(ccc12)-c1ccccc1[C@H]4c1ccccc1)-c1ccccc1[C@H]3c1ccccc1.ClCCl.ClCCl. The van der Waals surface area contributed by atoms with Gasteiger partial charge >= 0.3 is 0 Å². The van der Waals surface area contributed by atoms with Gasteiger partial charge in [0.1, 0.15) is 11.5 Å². The molecule has 6 heteroatoms. The molecule has 8 aromatic rings. The second kappa shape index (κ2) is 16.6. The van der Waals surface area contributed by atoms with Crippen LogP contribution in [0.5, 0.6) is 11.5 Å². The van der Waals surface area contributed by atoms with Gasteiger partial charge in [-0.3, -0.25) is 0 Å². The molecule has 2 atom stereocenters. The van der Waals surface area contributed by atoms with Crippen LogP contribution in [0, 0.1) is 0 Å². The van der Waals surface area contributed by atoms with Crippen molar-refractivity contribution in [3.8, 4) is 44.9 Å². The summed E-state index contributed by atoms with van der Waals surface area (Å²) in [6.45, 7) is 0. The van der Waals surface area contributed by atoms with Gasteiger partial charge in [0, 0.05) is 23.0 Å². The molecule has 0 saturated heterocycles. The maximum Gasteiger partial charge on any atom is 0.127 e. The summed E-state index contributed by atoms with van der Waals surface area (Å²) < 4.78 is 12.5. The Morgan fingerprint density at radius 1 is 0.375 bits per heavy atom. The average molecular weight is 813 g/mol. The molecule has 2 aliphatic rings. The fraction of sp³-hybridized carbons (Fsp3) is 0.120. The molecule has 2 aliphatic carbocycles. The number of hydrogen-bond donors (Lipinski definition) is 0. The van der Waals surface area contributed by atoms with Crippen molar-refractivity contribution in [1.29, 1.82) is 0 Å². The molecule has 0 aliphatic heterocycles. The van der Waals surface area contributed by atoms with E-state index in [1.807, 2.05) is 0 Å². The van der Waals surface area contributed by atoms with E-state index < -0.39 is 0 Å². The Morgan fingerprint density at radius 2 is 0.714 bits per heavy atom. The first-order chi connectivity index (χ1) is 27.6. The standard InChI is InChI=1S/C48H34O2.2CH2Cl2/c1-49-41-27-25-37-39(23-21-35-31-17-9-11-19-33(31)43(45(35)37)29-13-5-3-6-14-29)47(41)48-40-24-22-36-32-18-10-12-20-34(32)44(30-15-7-4-8-16-30)46(36)38(40)26-28-42(48)50-2;2*2-1-3/h3-28,43-44H,1-2H3;2*1H2/t43-,44-;;/m1../s1. The predicted molar refractivity (Wildman–Crippen MR) is 239 cm³/mol. The molecule has 278 valence electrons. The van der Waals surface area contributed by atoms with Crippen molar-refractivity contribution in [2.24, 2.45) is 0 Å². The van der Waals surface area contributed by atoms with Gasteiger partial charge in [0.2, 0.25) is 0 Å². The highest BCUT2D eigenvalue weighted by molar-refractivity contribution is 6.41. The first-order valence-electron chi connectivity index (χ1n) is 18.4. The lowest BCUT2D eigenvalue weighted by atomic mass is 9.83. The van der Waals surface area contributed by atoms with Crippen molar-refractivity contribution in [2.45, 2.75) is 11.8 Å². The zero-order valence-electron chi connectivity index (χ0n) is 30.9. The highest BCUT2D eigenvalue weighted by atomic mass is 35.5. The predicted octanol–water partition coefficient (Wildman–Crippen LogP) is 14.8. The van der Waals surface area contributed by atoms with E-state index in [0.29, 0.717) is 0 Å². The molecule has 0 N–H and O–H groups in total. The van der Waals surface area contributed by atoms with Crippen LogP contribution in [0.1, 0.15) is 45.2 Å². The van der Waals surface area contributed by atoms with E-state index in [-0.39, 0.29) is 22.5 Å². The molecular formula is C50H38Cl4O2. The molecule has 56 heavy (non-hydrogen) atoms. The van der Waals surface area contributed by atoms with Crippen LogP contribution in [0.3, 0.4) is 0 Å². The quantitative estimate of drug-likeness (QED) is 0.161. The first-order valence-corrected chi connectivity index (χ1v) is 20.5. The van der Waals surface area contributed by atoms with E-state index in [9.17, 15) is 0 Å². The van der Waals surface area contributed by atoms with E-state index >= 15 is 0 Å². The van der Waals surface area contributed by atoms with Gasteiger partial charge in [-0.2, -0.15) is 0 Å². The van der Waals surface area contributed by atoms with Gasteiger partial charge in [-0.05, 0) is 89.3 Å². The minimum absolute atomic E-state index is 0.134. The summed E-state index contributed by atoms with van der Waals surface area (Å²) in [5.74, 6) is 1.93. The lowest BCUT2D eigenvalue weighted by molar-refractivity contribution is 0.411. The van der Waals surface area contributed by atoms with E-state index in [2.05, 4.69) is 158 Å². The van der Waals surface area contributed by atoms with Crippen molar-refractivity contribution in [3.63, 3.8) is 0 Å². The summed E-state index contributed by atoms with van der Waals surface area (Å²) >= 11 is 19.1. The molecule has 0 bridgehead atoms. The monoisotopic (exact) mass is 810 g/mol. The summed E-state index contributed by atoms with van der Waals surface area (Å²) in [6.07, 6.45) is 0. The number of hydrogen-bond acceptors (Lipinski definition) is 2. The molecule has 0 saturated carbocycles. The maximum atomic E-state index is 6.23. The van der Waals surface area contributed by atoms with E-state index in [1.54, 1.807) is 14.2 Å². The molecule has 0 heterocycles. The summed E-state index contributed by atoms with van der Waals surface area (Å²) in [6, 6.07) is 57.6. The third-order valence-corrected chi connectivity index (χ3v) is 11.1. The summed E-state index contributed by atoms with van der Waals surface area (Å²) in [5, 5.41) is 5.17. The number of alkyl halides is 4. The number of methoxy groups -OCH3 is 2. The Bertz CT molecular complexity index is 2490. The molecule has 8 aromatic carbocycles. The molecule has 0 unspecified atom stereocenters. The Balaban J connectivity index is 0.000000694. The summed E-state index contributed by atoms with van der Waals surface area (Å²) in [4.78, 5) is 0. The van der Waals surface area contributed by atoms with Gasteiger partial charge in [-0.25, -0.2) is 0 Å². The number of halogens is 4. The third kappa shape index (κ3) is 6.39. The van der Waals surface area contributed by atoms with Crippen LogP contribution in [0.4, 0.5) is 0 Å². The smallest absolute Gasteiger partial charge is 0.127 e. The number of benzene rings is 8. The zero-order valence-corrected chi connectivity index (χ0v) is 33.9. The van der Waals surface area contributed by atoms with E-state index in [0.717, 1.165) is 33.4 Å². The molecule has 0 fully saturated rings. The molecule has 2 nitrogen and oxygen atoms in total. The normalized spacial score (nSPS) is 14.4. The average Bonchev–Trinajstić information content (AvgIpc) is 3.77. The van der Waals surface area contributed by atoms with E-state index in [4.69, 9.17) is 55.9 Å². The molecule has 10 rings (SSSR count). The minimum atomic E-state index is 0.134. The summed E-state index contributed by atoms with van der Waals surface area (Å²) in [5.41, 5.74) is 15.3. The van der Waals surface area contributed by atoms with Crippen molar-refractivity contribution in [2.75, 3.05) is 24.9 Å². The van der Waals surface area contributed by atoms with Gasteiger partial charge in [0.05, 0.1) is 24.9 Å². The Morgan fingerprint density at radius 3 is 1.09 bits per heavy atom. The van der Waals surface area contributed by atoms with Gasteiger partial charge in [0.25, 0.3) is 0 Å². The number of ether oxygens (including phenoxy) is 2. The van der Waals surface area contributed by atoms with Crippen LogP contribution in [0.15, 0.2) is 158 Å². The Kier molecular flexibility index (Phi) is 11.3. The van der Waals surface area contributed by atoms with Gasteiger partial charge in [-0.15, -0.1) is 46.4 Å². The lowest BCUT2D eigenvalue weighted by Gasteiger charge is -2.22. The lowest BCUT2D eigenvalue weighted by Crippen LogP contribution is -2.02. The van der Waals surface area contributed by atoms with Crippen molar-refractivity contribution in [3.05, 3.63) is 191 Å². The molecule has 0 spiro atoms. The van der Waals surface area contributed by atoms with Crippen LogP contribution in [-0.2, 0) is 0 Å². The maximum absolute atomic E-state index is 6.23. The molecular weight excluding hydrogens is 774 g/mol. The fourth-order valence-corrected chi connectivity index (χ4v) is 9.05. The Labute approximate surface area is 348 Å². The van der Waals surface area contributed by atoms with E-state index in [1.165, 1.54) is 66.4 Å². The highest BCUT2D eigenvalue weighted by Crippen LogP contribution is 2.56. The van der Waals surface area contributed by atoms with Gasteiger partial charge in [-0.1, -0.05) is 146 Å². The van der Waals surface area contributed by atoms with Crippen LogP contribution in [0.25, 0.3) is 54.9 Å². The zero-order chi connectivity index (χ0) is 38.8. The fourth-order valence-electron chi connectivity index (χ4n) is 9.05. The first kappa shape index (κ1) is 37.9. The molecule has 0 aromatic heterocycles. The van der Waals surface area contributed by atoms with Crippen molar-refractivity contribution >= 4 is 67.9 Å². The minimum Gasteiger partial charge on any atom is -0.496 e. The van der Waals surface area contributed by atoms with Crippen LogP contribution < -0.4 is 9.47 Å². The molecule has 0 amide bonds. The second-order valence-corrected chi connectivity index (χ2v) is 15.2. The Hall–Kier alpha value is -4.96. The third-order valence-electron chi connectivity index (χ3n) is 11.1. The summed E-state index contributed by atoms with van der Waals surface area (Å²) in [7, 11) is 3.55. The van der Waals surface area contributed by atoms with Gasteiger partial charge < -0.3 is 9.47 Å². The van der Waals surface area contributed by atoms with Crippen molar-refractivity contribution in [1.82, 2.24) is 0 Å². The highest BCUT2D eigenvalue weighted by Gasteiger charge is 2.34. The van der Waals surface area contributed by atoms with Crippen LogP contribution in [0.2, 0.25) is 0 Å². The van der Waals surface area contributed by atoms with Crippen molar-refractivity contribution < 1.29 is 9.47 Å². The molecule has 0 radical (unpaired) electrons. The number of rotatable bonds is 5. The van der Waals surface area contributed by atoms with Gasteiger partial charge in [0.15, 0.2) is 0 Å². The van der Waals surface area contributed by atoms with Crippen LogP contribution in [-0.4, -0.2) is 24.9 Å². The largest absolute Gasteiger partial charge is 0.496 e.